The molecule has 0 N–H and O–H groups in total. The van der Waals surface area contributed by atoms with E-state index in [9.17, 15) is 0 Å². The maximum absolute atomic E-state index is 15.3. The fraction of sp³-hybridized carbons (Fsp3) is 0.154. The second kappa shape index (κ2) is 7.32. The molecule has 0 aliphatic carbocycles. The highest BCUT2D eigenvalue weighted by Crippen LogP contribution is 2.39. The Kier molecular flexibility index (Phi) is 3.72. The summed E-state index contributed by atoms with van der Waals surface area (Å²) in [6, 6.07) is 15.6. The molecule has 0 spiro atoms. The Bertz CT molecular complexity index is 1340. The van der Waals surface area contributed by atoms with Crippen LogP contribution in [0.1, 0.15) is 26.3 Å². The van der Waals surface area contributed by atoms with Crippen molar-refractivity contribution in [3.63, 3.8) is 0 Å². The highest BCUT2D eigenvalue weighted by Gasteiger charge is 2.28. The van der Waals surface area contributed by atoms with Gasteiger partial charge in [0.15, 0.2) is 0 Å². The van der Waals surface area contributed by atoms with E-state index < -0.39 is 41.3 Å². The van der Waals surface area contributed by atoms with Crippen molar-refractivity contribution in [2.75, 3.05) is 4.90 Å². The van der Waals surface area contributed by atoms with Crippen molar-refractivity contribution in [1.29, 1.82) is 0 Å². The van der Waals surface area contributed by atoms with E-state index in [-0.39, 0.29) is 11.4 Å². The Hall–Kier alpha value is -3.20. The molecule has 0 bridgehead atoms. The van der Waals surface area contributed by atoms with E-state index in [2.05, 4.69) is 0 Å². The van der Waals surface area contributed by atoms with Crippen molar-refractivity contribution in [3.05, 3.63) is 96.5 Å². The molecule has 0 atom stereocenters. The van der Waals surface area contributed by atoms with Crippen LogP contribution < -0.4 is 4.90 Å². The molecule has 0 radical (unpaired) electrons. The molecule has 4 aromatic rings. The first kappa shape index (κ1) is 14.7. The summed E-state index contributed by atoms with van der Waals surface area (Å²) in [6.07, 6.45) is 0. The van der Waals surface area contributed by atoms with E-state index in [1.807, 2.05) is 42.5 Å². The van der Waals surface area contributed by atoms with Crippen LogP contribution in [0.5, 0.6) is 0 Å². The van der Waals surface area contributed by atoms with Crippen molar-refractivity contribution in [1.82, 2.24) is 0 Å². The summed E-state index contributed by atoms with van der Waals surface area (Å²) in [5.41, 5.74) is 0.314. The highest BCUT2D eigenvalue weighted by molar-refractivity contribution is 5.97. The number of hydrogen-bond donors (Lipinski definition) is 0. The molecule has 0 heterocycles. The number of para-hydroxylation sites is 1. The van der Waals surface area contributed by atoms with Crippen LogP contribution in [-0.4, -0.2) is 5.54 Å². The normalized spacial score (nSPS) is 13.6. The monoisotopic (exact) mass is 391 g/mol. The largest absolute Gasteiger partial charge is 0.331 e. The van der Waals surface area contributed by atoms with Crippen LogP contribution in [0.2, 0.25) is 0 Å². The van der Waals surface area contributed by atoms with Gasteiger partial charge in [-0.05, 0) is 66.9 Å². The van der Waals surface area contributed by atoms with Crippen molar-refractivity contribution in [2.24, 2.45) is 0 Å². The molecule has 0 amide bonds. The summed E-state index contributed by atoms with van der Waals surface area (Å²) in [6.45, 7) is 5.20. The topological polar surface area (TPSA) is 3.24 Å². The number of nitrogens with zero attached hydrogens (tertiary/aromatic N) is 1. The Morgan fingerprint density at radius 1 is 0.793 bits per heavy atom. The number of fused-ring (bicyclic) bond motifs is 1. The third-order valence-electron chi connectivity index (χ3n) is 4.81. The minimum absolute atomic E-state index is 0.0249. The Morgan fingerprint density at radius 2 is 1.52 bits per heavy atom. The predicted octanol–water partition coefficient (Wildman–Crippen LogP) is 7.72. The van der Waals surface area contributed by atoms with Gasteiger partial charge in [-0.2, -0.15) is 0 Å². The first-order chi connectivity index (χ1) is 15.5. The van der Waals surface area contributed by atoms with Crippen molar-refractivity contribution >= 4 is 22.1 Å². The first-order valence-corrected chi connectivity index (χ1v) is 9.36. The number of rotatable bonds is 3. The van der Waals surface area contributed by atoms with Gasteiger partial charge in [-0.1, -0.05) is 60.6 Å². The van der Waals surface area contributed by atoms with Gasteiger partial charge in [0.1, 0.15) is 11.6 Å². The zero-order valence-electron chi connectivity index (χ0n) is 20.5. The maximum Gasteiger partial charge on any atom is 0.146 e. The van der Waals surface area contributed by atoms with Crippen LogP contribution in [-0.2, 0) is 0 Å². The highest BCUT2D eigenvalue weighted by atomic mass is 19.1. The lowest BCUT2D eigenvalue weighted by molar-refractivity contribution is 0.527. The van der Waals surface area contributed by atoms with Crippen LogP contribution in [0.4, 0.5) is 20.2 Å². The summed E-state index contributed by atoms with van der Waals surface area (Å²) >= 11 is 0. The van der Waals surface area contributed by atoms with Gasteiger partial charge in [0.2, 0.25) is 0 Å². The number of hydrogen-bond acceptors (Lipinski definition) is 1. The lowest BCUT2D eigenvalue weighted by Crippen LogP contribution is -2.38. The minimum Gasteiger partial charge on any atom is -0.331 e. The lowest BCUT2D eigenvalue weighted by atomic mass is 9.96. The van der Waals surface area contributed by atoms with Crippen LogP contribution >= 0.6 is 0 Å². The number of benzene rings is 4. The van der Waals surface area contributed by atoms with E-state index >= 15 is 8.78 Å². The van der Waals surface area contributed by atoms with Gasteiger partial charge in [0.25, 0.3) is 0 Å². The molecule has 0 aliphatic rings. The summed E-state index contributed by atoms with van der Waals surface area (Å²) in [7, 11) is 0. The van der Waals surface area contributed by atoms with Crippen LogP contribution in [0.15, 0.2) is 84.8 Å². The fourth-order valence-corrected chi connectivity index (χ4v) is 3.59. The summed E-state index contributed by atoms with van der Waals surface area (Å²) in [5.74, 6) is -1.74. The molecule has 29 heavy (non-hydrogen) atoms. The average Bonchev–Trinajstić information content (AvgIpc) is 2.79. The average molecular weight is 391 g/mol. The molecular formula is C26H23F2N. The molecule has 0 fully saturated rings. The van der Waals surface area contributed by atoms with Crippen LogP contribution in [0.25, 0.3) is 21.9 Å². The Morgan fingerprint density at radius 3 is 2.31 bits per heavy atom. The van der Waals surface area contributed by atoms with E-state index in [1.165, 1.54) is 11.0 Å². The molecule has 0 saturated carbocycles. The molecule has 0 saturated heterocycles. The van der Waals surface area contributed by atoms with E-state index in [1.54, 1.807) is 32.9 Å². The zero-order chi connectivity index (χ0) is 24.1. The third-order valence-corrected chi connectivity index (χ3v) is 4.81. The second-order valence-corrected chi connectivity index (χ2v) is 7.86. The summed E-state index contributed by atoms with van der Waals surface area (Å²) < 4.78 is 62.5. The molecule has 0 aromatic heterocycles. The van der Waals surface area contributed by atoms with Crippen LogP contribution in [0.3, 0.4) is 0 Å². The molecule has 4 aromatic carbocycles. The Balaban J connectivity index is 2.01. The lowest BCUT2D eigenvalue weighted by Gasteiger charge is -2.38. The smallest absolute Gasteiger partial charge is 0.146 e. The first-order valence-electron chi connectivity index (χ1n) is 11.4. The summed E-state index contributed by atoms with van der Waals surface area (Å²) in [5, 5.41) is 2.00. The molecular weight excluding hydrogens is 364 g/mol. The van der Waals surface area contributed by atoms with Crippen molar-refractivity contribution in [2.45, 2.75) is 26.3 Å². The maximum atomic E-state index is 15.3. The third kappa shape index (κ3) is 3.61. The van der Waals surface area contributed by atoms with Gasteiger partial charge in [0.05, 0.1) is 16.9 Å². The molecule has 4 rings (SSSR count). The molecule has 1 nitrogen and oxygen atoms in total. The SMILES string of the molecule is [2H]c1c([2H])c([2H])c(N(c2cc(-c3cccc4ccccc34)ccc2F)C(C)(C)C)c(F)c1[2H]. The van der Waals surface area contributed by atoms with E-state index in [0.29, 0.717) is 5.56 Å². The van der Waals surface area contributed by atoms with Gasteiger partial charge in [0, 0.05) is 5.54 Å². The fourth-order valence-electron chi connectivity index (χ4n) is 3.59. The second-order valence-electron chi connectivity index (χ2n) is 7.86. The number of anilines is 2. The van der Waals surface area contributed by atoms with Gasteiger partial charge in [-0.15, -0.1) is 0 Å². The standard InChI is InChI=1S/C26H23F2N/c1-26(2,3)29(24-14-7-6-13-22(24)27)25-17-19(15-16-23(25)28)21-12-8-10-18-9-4-5-11-20(18)21/h4-17H,1-3H3/i6D,7D,13D,14D. The molecule has 0 aliphatic heterocycles. The number of halogens is 2. The zero-order valence-corrected chi connectivity index (χ0v) is 16.5. The van der Waals surface area contributed by atoms with Crippen LogP contribution in [0, 0.1) is 11.6 Å². The van der Waals surface area contributed by atoms with Gasteiger partial charge < -0.3 is 4.90 Å². The summed E-state index contributed by atoms with van der Waals surface area (Å²) in [4.78, 5) is 1.31. The predicted molar refractivity (Wildman–Crippen MR) is 118 cm³/mol. The van der Waals surface area contributed by atoms with Crippen molar-refractivity contribution < 1.29 is 14.3 Å². The van der Waals surface area contributed by atoms with Gasteiger partial charge in [-0.3, -0.25) is 0 Å². The quantitative estimate of drug-likeness (QED) is 0.345. The minimum atomic E-state index is -1.12. The van der Waals surface area contributed by atoms with Gasteiger partial charge in [-0.25, -0.2) is 8.78 Å². The van der Waals surface area contributed by atoms with E-state index in [0.717, 1.165) is 16.3 Å². The Labute approximate surface area is 175 Å². The molecule has 0 unspecified atom stereocenters. The molecule has 3 heteroatoms. The van der Waals surface area contributed by atoms with Crippen molar-refractivity contribution in [3.8, 4) is 11.1 Å². The van der Waals surface area contributed by atoms with Gasteiger partial charge >= 0.3 is 0 Å². The molecule has 146 valence electrons. The van der Waals surface area contributed by atoms with E-state index in [4.69, 9.17) is 5.48 Å².